The third kappa shape index (κ3) is 6.20. The van der Waals surface area contributed by atoms with Crippen LogP contribution in [0.4, 0.5) is 4.39 Å². The minimum absolute atomic E-state index is 0.0798. The Morgan fingerprint density at radius 1 is 1.09 bits per heavy atom. The Kier molecular flexibility index (Phi) is 7.58. The molecule has 1 N–H and O–H groups in total. The number of halogens is 1. The summed E-state index contributed by atoms with van der Waals surface area (Å²) in [7, 11) is -4.09. The zero-order valence-electron chi connectivity index (χ0n) is 18.6. The normalized spacial score (nSPS) is 18.1. The van der Waals surface area contributed by atoms with Gasteiger partial charge in [0.2, 0.25) is 0 Å². The first kappa shape index (κ1) is 23.9. The molecule has 0 aliphatic heterocycles. The molecule has 3 aromatic rings. The molecular weight excluding hydrogens is 456 g/mol. The van der Waals surface area contributed by atoms with Crippen molar-refractivity contribution in [3.63, 3.8) is 0 Å². The molecule has 2 unspecified atom stereocenters. The van der Waals surface area contributed by atoms with Gasteiger partial charge in [-0.2, -0.15) is 5.09 Å². The lowest BCUT2D eigenvalue weighted by Crippen LogP contribution is -2.36. The van der Waals surface area contributed by atoms with E-state index in [-0.39, 0.29) is 13.0 Å². The molecular formula is C26H25FNO5P. The number of hydrogen-bond donors (Lipinski definition) is 1. The van der Waals surface area contributed by atoms with E-state index in [0.717, 1.165) is 16.3 Å². The van der Waals surface area contributed by atoms with Crippen LogP contribution in [0.2, 0.25) is 0 Å². The molecule has 4 rings (SSSR count). The van der Waals surface area contributed by atoms with E-state index in [2.05, 4.69) is 5.09 Å². The Labute approximate surface area is 197 Å². The molecule has 0 heterocycles. The Balaban J connectivity index is 1.52. The molecule has 1 aliphatic rings. The lowest BCUT2D eigenvalue weighted by Gasteiger charge is -2.26. The SMILES string of the molecule is C[C@H](NP(=O)(Oc1cccc2ccccc12)OC1C=CC(F)=CC1)C(=O)OCc1ccccc1. The zero-order valence-corrected chi connectivity index (χ0v) is 19.5. The lowest BCUT2D eigenvalue weighted by atomic mass is 10.1. The number of rotatable bonds is 9. The van der Waals surface area contributed by atoms with E-state index in [1.165, 1.54) is 25.2 Å². The standard InChI is InChI=1S/C26H25FNO5P/c1-19(26(29)31-18-20-8-3-2-4-9-20)28-34(30,32-23-16-14-22(27)15-17-23)33-25-13-7-11-21-10-5-6-12-24(21)25/h2-16,19,23H,17-18H2,1H3,(H,28,30)/t19-,23?,34?/m0/s1. The van der Waals surface area contributed by atoms with E-state index in [4.69, 9.17) is 13.8 Å². The predicted molar refractivity (Wildman–Crippen MR) is 129 cm³/mol. The fraction of sp³-hybridized carbons (Fsp3) is 0.192. The van der Waals surface area contributed by atoms with Gasteiger partial charge in [0.1, 0.15) is 24.2 Å². The quantitative estimate of drug-likeness (QED) is 0.288. The van der Waals surface area contributed by atoms with Crippen molar-refractivity contribution in [1.82, 2.24) is 5.09 Å². The molecule has 8 heteroatoms. The Hall–Kier alpha value is -3.25. The summed E-state index contributed by atoms with van der Waals surface area (Å²) >= 11 is 0. The van der Waals surface area contributed by atoms with Crippen LogP contribution >= 0.6 is 7.75 Å². The molecule has 3 atom stereocenters. The molecule has 34 heavy (non-hydrogen) atoms. The molecule has 0 radical (unpaired) electrons. The van der Waals surface area contributed by atoms with Crippen molar-refractivity contribution in [3.8, 4) is 5.75 Å². The number of benzene rings is 3. The third-order valence-electron chi connectivity index (χ3n) is 5.19. The number of carbonyl (C=O) groups is 1. The van der Waals surface area contributed by atoms with Crippen molar-refractivity contribution in [2.75, 3.05) is 0 Å². The highest BCUT2D eigenvalue weighted by Crippen LogP contribution is 2.48. The average molecular weight is 481 g/mol. The van der Waals surface area contributed by atoms with Crippen LogP contribution in [0.25, 0.3) is 10.8 Å². The van der Waals surface area contributed by atoms with Crippen molar-refractivity contribution in [2.45, 2.75) is 32.1 Å². The van der Waals surface area contributed by atoms with Crippen LogP contribution in [0.1, 0.15) is 18.9 Å². The second kappa shape index (κ2) is 10.8. The Morgan fingerprint density at radius 2 is 1.82 bits per heavy atom. The fourth-order valence-electron chi connectivity index (χ4n) is 3.46. The monoisotopic (exact) mass is 481 g/mol. The van der Waals surface area contributed by atoms with Crippen LogP contribution in [0.5, 0.6) is 5.75 Å². The maximum atomic E-state index is 13.9. The van der Waals surface area contributed by atoms with Crippen LogP contribution in [0.3, 0.4) is 0 Å². The zero-order chi connectivity index (χ0) is 24.0. The summed E-state index contributed by atoms with van der Waals surface area (Å²) in [6.45, 7) is 1.60. The van der Waals surface area contributed by atoms with E-state index >= 15 is 0 Å². The molecule has 0 amide bonds. The average Bonchev–Trinajstić information content (AvgIpc) is 2.84. The highest BCUT2D eigenvalue weighted by molar-refractivity contribution is 7.52. The molecule has 0 fully saturated rings. The summed E-state index contributed by atoms with van der Waals surface area (Å²) in [4.78, 5) is 12.6. The van der Waals surface area contributed by atoms with E-state index < -0.39 is 31.7 Å². The number of fused-ring (bicyclic) bond motifs is 1. The van der Waals surface area contributed by atoms with Crippen LogP contribution in [0.15, 0.2) is 96.9 Å². The van der Waals surface area contributed by atoms with Gasteiger partial charge in [0.15, 0.2) is 0 Å². The second-order valence-electron chi connectivity index (χ2n) is 7.84. The molecule has 1 aliphatic carbocycles. The van der Waals surface area contributed by atoms with Crippen LogP contribution in [0, 0.1) is 0 Å². The van der Waals surface area contributed by atoms with E-state index in [1.54, 1.807) is 12.1 Å². The number of carbonyl (C=O) groups excluding carboxylic acids is 1. The number of ether oxygens (including phenoxy) is 1. The highest BCUT2D eigenvalue weighted by Gasteiger charge is 2.35. The summed E-state index contributed by atoms with van der Waals surface area (Å²) in [5.74, 6) is -0.671. The molecule has 0 spiro atoms. The van der Waals surface area contributed by atoms with E-state index in [1.807, 2.05) is 60.7 Å². The topological polar surface area (TPSA) is 73.9 Å². The minimum atomic E-state index is -4.09. The van der Waals surface area contributed by atoms with Crippen molar-refractivity contribution in [1.29, 1.82) is 0 Å². The molecule has 0 bridgehead atoms. The highest BCUT2D eigenvalue weighted by atomic mass is 31.2. The molecule has 176 valence electrons. The summed E-state index contributed by atoms with van der Waals surface area (Å²) in [6.07, 6.45) is 3.53. The van der Waals surface area contributed by atoms with Gasteiger partial charge >= 0.3 is 13.7 Å². The summed E-state index contributed by atoms with van der Waals surface area (Å²) in [6, 6.07) is 21.1. The summed E-state index contributed by atoms with van der Waals surface area (Å²) in [5, 5.41) is 4.32. The van der Waals surface area contributed by atoms with Gasteiger partial charge in [-0.05, 0) is 42.5 Å². The summed E-state index contributed by atoms with van der Waals surface area (Å²) in [5.41, 5.74) is 0.829. The van der Waals surface area contributed by atoms with Crippen LogP contribution < -0.4 is 9.61 Å². The molecule has 0 saturated carbocycles. The number of hydrogen-bond acceptors (Lipinski definition) is 5. The van der Waals surface area contributed by atoms with Gasteiger partial charge in [-0.1, -0.05) is 72.8 Å². The number of allylic oxidation sites excluding steroid dienone is 2. The third-order valence-corrected chi connectivity index (χ3v) is 6.88. The maximum Gasteiger partial charge on any atom is 0.460 e. The molecule has 0 saturated heterocycles. The minimum Gasteiger partial charge on any atom is -0.460 e. The van der Waals surface area contributed by atoms with E-state index in [0.29, 0.717) is 5.75 Å². The fourth-order valence-corrected chi connectivity index (χ4v) is 5.12. The first-order chi connectivity index (χ1) is 16.4. The smallest absolute Gasteiger partial charge is 0.460 e. The molecule has 0 aromatic heterocycles. The lowest BCUT2D eigenvalue weighted by molar-refractivity contribution is -0.146. The van der Waals surface area contributed by atoms with Gasteiger partial charge in [0.25, 0.3) is 0 Å². The first-order valence-electron chi connectivity index (χ1n) is 10.9. The van der Waals surface area contributed by atoms with Gasteiger partial charge in [-0.25, -0.2) is 8.96 Å². The number of esters is 1. The first-order valence-corrected chi connectivity index (χ1v) is 12.4. The van der Waals surface area contributed by atoms with Crippen molar-refractivity contribution in [2.24, 2.45) is 0 Å². The molecule has 6 nitrogen and oxygen atoms in total. The Morgan fingerprint density at radius 3 is 2.59 bits per heavy atom. The van der Waals surface area contributed by atoms with Gasteiger partial charge < -0.3 is 9.26 Å². The predicted octanol–water partition coefficient (Wildman–Crippen LogP) is 6.25. The Bertz CT molecular complexity index is 1260. The van der Waals surface area contributed by atoms with Gasteiger partial charge in [-0.15, -0.1) is 0 Å². The van der Waals surface area contributed by atoms with Gasteiger partial charge in [-0.3, -0.25) is 9.32 Å². The van der Waals surface area contributed by atoms with Crippen molar-refractivity contribution < 1.29 is 27.5 Å². The van der Waals surface area contributed by atoms with Gasteiger partial charge in [0.05, 0.1) is 6.10 Å². The van der Waals surface area contributed by atoms with Crippen molar-refractivity contribution in [3.05, 3.63) is 102 Å². The second-order valence-corrected chi connectivity index (χ2v) is 9.48. The summed E-state index contributed by atoms with van der Waals surface area (Å²) < 4.78 is 44.3. The van der Waals surface area contributed by atoms with Crippen LogP contribution in [-0.4, -0.2) is 18.1 Å². The van der Waals surface area contributed by atoms with Crippen LogP contribution in [-0.2, 0) is 25.2 Å². The van der Waals surface area contributed by atoms with E-state index in [9.17, 15) is 13.8 Å². The van der Waals surface area contributed by atoms with Crippen molar-refractivity contribution >= 4 is 24.5 Å². The maximum absolute atomic E-state index is 13.9. The largest absolute Gasteiger partial charge is 0.460 e. The molecule has 3 aromatic carbocycles. The van der Waals surface area contributed by atoms with Gasteiger partial charge in [0, 0.05) is 5.39 Å². The number of nitrogens with one attached hydrogen (secondary N) is 1.